The quantitative estimate of drug-likeness (QED) is 0.0726. The van der Waals surface area contributed by atoms with Crippen LogP contribution >= 0.6 is 46.4 Å². The molecule has 310 valence electrons. The molecule has 0 aliphatic carbocycles. The summed E-state index contributed by atoms with van der Waals surface area (Å²) in [5.41, 5.74) is 2.11. The topological polar surface area (TPSA) is 140 Å². The summed E-state index contributed by atoms with van der Waals surface area (Å²) in [5, 5.41) is 13.5. The van der Waals surface area contributed by atoms with Gasteiger partial charge in [0, 0.05) is 58.7 Å². The van der Waals surface area contributed by atoms with Crippen molar-refractivity contribution >= 4 is 103 Å². The predicted octanol–water partition coefficient (Wildman–Crippen LogP) is 10.2. The lowest BCUT2D eigenvalue weighted by Crippen LogP contribution is -2.55. The number of aromatic nitrogens is 4. The van der Waals surface area contributed by atoms with Gasteiger partial charge in [0.05, 0.1) is 40.1 Å². The second-order valence-electron chi connectivity index (χ2n) is 13.9. The second-order valence-corrected chi connectivity index (χ2v) is 15.5. The molecule has 62 heavy (non-hydrogen) atoms. The molecule has 0 bridgehead atoms. The Labute approximate surface area is 374 Å². The number of phenolic OH excluding ortho intramolecular Hbond substituents is 1. The summed E-state index contributed by atoms with van der Waals surface area (Å²) >= 11 is 26.4. The largest absolute Gasteiger partial charge is 0.508 e. The lowest BCUT2D eigenvalue weighted by Gasteiger charge is -2.33. The minimum absolute atomic E-state index is 0.00116. The van der Waals surface area contributed by atoms with Crippen LogP contribution in [0.15, 0.2) is 134 Å². The number of anilines is 2. The fraction of sp³-hybridized carbons (Fsp3) is 0.0870. The molecule has 0 radical (unpaired) electrons. The third-order valence-corrected chi connectivity index (χ3v) is 11.3. The van der Waals surface area contributed by atoms with Crippen molar-refractivity contribution in [3.8, 4) is 11.5 Å². The Morgan fingerprint density at radius 1 is 0.581 bits per heavy atom. The Kier molecular flexibility index (Phi) is 12.0. The van der Waals surface area contributed by atoms with Gasteiger partial charge in [0.1, 0.15) is 21.8 Å². The van der Waals surface area contributed by atoms with Crippen LogP contribution in [-0.2, 0) is 22.7 Å². The van der Waals surface area contributed by atoms with Crippen LogP contribution in [0.2, 0.25) is 20.4 Å². The molecule has 4 aromatic heterocycles. The van der Waals surface area contributed by atoms with Gasteiger partial charge >= 0.3 is 11.8 Å². The zero-order valence-corrected chi connectivity index (χ0v) is 35.5. The minimum Gasteiger partial charge on any atom is -0.508 e. The number of fused-ring (bicyclic) bond motifs is 2. The van der Waals surface area contributed by atoms with Gasteiger partial charge in [0.15, 0.2) is 0 Å². The predicted molar refractivity (Wildman–Crippen MR) is 240 cm³/mol. The first-order chi connectivity index (χ1) is 29.9. The van der Waals surface area contributed by atoms with Crippen molar-refractivity contribution in [1.29, 1.82) is 0 Å². The van der Waals surface area contributed by atoms with Crippen LogP contribution in [0.4, 0.5) is 11.4 Å². The van der Waals surface area contributed by atoms with Crippen molar-refractivity contribution in [3.05, 3.63) is 177 Å². The standard InChI is InChI=1S/C46H32Cl4N6O6/c1-2-62-34-12-14-38-36(24-34)40(44(50)54(38)26-28-5-9-30(48)10-6-28)42(59)46(61)56(32-17-21-52-22-18-32)55(31-15-19-51-20-16-31)45(60)41(58)39-35-23-33(57)11-13-37(35)53(43(39)49)25-27-3-7-29(47)8-4-27/h3-24,57H,2,25-26H2,1H3. The number of ketones is 2. The maximum Gasteiger partial charge on any atom is 0.318 e. The van der Waals surface area contributed by atoms with Gasteiger partial charge < -0.3 is 19.0 Å². The molecular weight excluding hydrogens is 874 g/mol. The molecule has 12 nitrogen and oxygen atoms in total. The first kappa shape index (κ1) is 42.0. The first-order valence-electron chi connectivity index (χ1n) is 19.0. The third-order valence-electron chi connectivity index (χ3n) is 10.0. The smallest absolute Gasteiger partial charge is 0.318 e. The molecule has 4 heterocycles. The van der Waals surface area contributed by atoms with Gasteiger partial charge in [-0.15, -0.1) is 0 Å². The summed E-state index contributed by atoms with van der Waals surface area (Å²) in [6.07, 6.45) is 5.44. The molecule has 0 atom stereocenters. The summed E-state index contributed by atoms with van der Waals surface area (Å²) in [7, 11) is 0. The highest BCUT2D eigenvalue weighted by atomic mass is 35.5. The number of hydrogen-bond acceptors (Lipinski definition) is 8. The SMILES string of the molecule is CCOc1ccc2c(c1)c(C(=O)C(=O)N(c1ccncc1)N(C(=O)C(=O)c1c(Cl)n(Cc3ccc(Cl)cc3)c3ccc(O)cc13)c1ccncc1)c(Cl)n2Cc1ccc(Cl)cc1. The number of aromatic hydroxyl groups is 1. The number of ether oxygens (including phenoxy) is 1. The number of pyridine rings is 2. The molecule has 0 fully saturated rings. The van der Waals surface area contributed by atoms with Crippen LogP contribution in [0, 0.1) is 0 Å². The number of rotatable bonds is 12. The van der Waals surface area contributed by atoms with Gasteiger partial charge in [-0.05, 0) is 103 Å². The molecule has 0 aliphatic heterocycles. The number of carbonyl (C=O) groups excluding carboxylic acids is 4. The van der Waals surface area contributed by atoms with Crippen LogP contribution in [-0.4, -0.2) is 54.2 Å². The molecule has 0 saturated heterocycles. The number of halogens is 4. The molecular formula is C46H32Cl4N6O6. The summed E-state index contributed by atoms with van der Waals surface area (Å²) in [6.45, 7) is 2.50. The van der Waals surface area contributed by atoms with E-state index in [-0.39, 0.29) is 57.0 Å². The first-order valence-corrected chi connectivity index (χ1v) is 20.5. The Hall–Kier alpha value is -6.70. The van der Waals surface area contributed by atoms with E-state index in [4.69, 9.17) is 51.1 Å². The van der Waals surface area contributed by atoms with E-state index in [0.29, 0.717) is 38.8 Å². The van der Waals surface area contributed by atoms with E-state index in [1.165, 1.54) is 61.2 Å². The fourth-order valence-corrected chi connectivity index (χ4v) is 8.11. The maximum absolute atomic E-state index is 15.1. The van der Waals surface area contributed by atoms with Gasteiger partial charge in [-0.1, -0.05) is 70.7 Å². The van der Waals surface area contributed by atoms with Crippen molar-refractivity contribution in [1.82, 2.24) is 19.1 Å². The second kappa shape index (κ2) is 17.7. The maximum atomic E-state index is 15.1. The van der Waals surface area contributed by atoms with E-state index in [1.807, 2.05) is 19.1 Å². The van der Waals surface area contributed by atoms with E-state index in [2.05, 4.69) is 9.97 Å². The lowest BCUT2D eigenvalue weighted by atomic mass is 10.1. The number of amides is 2. The van der Waals surface area contributed by atoms with E-state index < -0.39 is 23.4 Å². The number of nitrogens with zero attached hydrogens (tertiary/aromatic N) is 6. The van der Waals surface area contributed by atoms with Gasteiger partial charge in [-0.2, -0.15) is 0 Å². The molecule has 0 aliphatic rings. The van der Waals surface area contributed by atoms with Crippen molar-refractivity contribution < 1.29 is 29.0 Å². The molecule has 0 unspecified atom stereocenters. The van der Waals surface area contributed by atoms with E-state index in [1.54, 1.807) is 69.8 Å². The molecule has 4 aromatic carbocycles. The summed E-state index contributed by atoms with van der Waals surface area (Å²) in [6, 6.07) is 29.1. The minimum atomic E-state index is -1.28. The van der Waals surface area contributed by atoms with E-state index >= 15 is 9.59 Å². The number of hydrazine groups is 1. The number of Topliss-reactive ketones (excluding diaryl/α,β-unsaturated/α-hetero) is 2. The number of carbonyl (C=O) groups is 4. The molecule has 1 N–H and O–H groups in total. The zero-order chi connectivity index (χ0) is 43.7. The molecule has 16 heteroatoms. The Morgan fingerprint density at radius 3 is 1.44 bits per heavy atom. The van der Waals surface area contributed by atoms with E-state index in [9.17, 15) is 14.7 Å². The van der Waals surface area contributed by atoms with Crippen LogP contribution in [0.25, 0.3) is 21.8 Å². The number of hydrogen-bond donors (Lipinski definition) is 1. The third kappa shape index (κ3) is 8.08. The molecule has 0 saturated carbocycles. The van der Waals surface area contributed by atoms with Crippen molar-refractivity contribution in [2.24, 2.45) is 0 Å². The normalized spacial score (nSPS) is 11.2. The Morgan fingerprint density at radius 2 is 1.00 bits per heavy atom. The Bertz CT molecular complexity index is 3010. The summed E-state index contributed by atoms with van der Waals surface area (Å²) < 4.78 is 9.08. The highest BCUT2D eigenvalue weighted by Gasteiger charge is 2.40. The fourth-order valence-electron chi connectivity index (χ4n) is 7.18. The summed E-state index contributed by atoms with van der Waals surface area (Å²) in [5.74, 6) is -4.57. The molecule has 8 rings (SSSR count). The van der Waals surface area contributed by atoms with Crippen LogP contribution in [0.1, 0.15) is 38.8 Å². The van der Waals surface area contributed by atoms with Crippen molar-refractivity contribution in [3.63, 3.8) is 0 Å². The van der Waals surface area contributed by atoms with Gasteiger partial charge in [0.2, 0.25) is 0 Å². The average molecular weight is 907 g/mol. The van der Waals surface area contributed by atoms with Gasteiger partial charge in [-0.25, -0.2) is 10.0 Å². The van der Waals surface area contributed by atoms with Gasteiger partial charge in [0.25, 0.3) is 11.6 Å². The summed E-state index contributed by atoms with van der Waals surface area (Å²) in [4.78, 5) is 68.2. The lowest BCUT2D eigenvalue weighted by molar-refractivity contribution is -0.119. The number of phenols is 1. The van der Waals surface area contributed by atoms with Crippen molar-refractivity contribution in [2.45, 2.75) is 20.0 Å². The van der Waals surface area contributed by atoms with Crippen LogP contribution in [0.3, 0.4) is 0 Å². The highest BCUT2D eigenvalue weighted by Crippen LogP contribution is 2.37. The van der Waals surface area contributed by atoms with Crippen LogP contribution < -0.4 is 14.8 Å². The molecule has 2 amide bonds. The Balaban J connectivity index is 1.27. The van der Waals surface area contributed by atoms with Gasteiger partial charge in [-0.3, -0.25) is 29.1 Å². The molecule has 8 aromatic rings. The highest BCUT2D eigenvalue weighted by molar-refractivity contribution is 6.56. The number of benzene rings is 4. The van der Waals surface area contributed by atoms with Crippen molar-refractivity contribution in [2.75, 3.05) is 16.6 Å². The van der Waals surface area contributed by atoms with Crippen LogP contribution in [0.5, 0.6) is 11.5 Å². The monoisotopic (exact) mass is 904 g/mol. The average Bonchev–Trinajstić information content (AvgIpc) is 3.70. The zero-order valence-electron chi connectivity index (χ0n) is 32.5. The molecule has 0 spiro atoms. The van der Waals surface area contributed by atoms with E-state index in [0.717, 1.165) is 21.1 Å².